The first kappa shape index (κ1) is 20.3. The molecule has 4 aromatic rings. The molecule has 1 unspecified atom stereocenters. The second-order valence-electron chi connectivity index (χ2n) is 7.15. The Labute approximate surface area is 186 Å². The van der Waals surface area contributed by atoms with E-state index in [0.29, 0.717) is 40.4 Å². The van der Waals surface area contributed by atoms with Crippen molar-refractivity contribution < 1.29 is 14.2 Å². The molecule has 0 radical (unpaired) electrons. The molecular formula is C22H18ClFN4O2S. The molecule has 158 valence electrons. The van der Waals surface area contributed by atoms with E-state index in [2.05, 4.69) is 19.9 Å². The van der Waals surface area contributed by atoms with Crippen LogP contribution in [-0.4, -0.2) is 46.4 Å². The second kappa shape index (κ2) is 8.47. The fraction of sp³-hybridized carbons (Fsp3) is 0.227. The lowest BCUT2D eigenvalue weighted by molar-refractivity contribution is 0.122. The number of hydrogen-bond donors (Lipinski definition) is 1. The zero-order valence-electron chi connectivity index (χ0n) is 16.3. The van der Waals surface area contributed by atoms with Gasteiger partial charge in [0.05, 0.1) is 24.4 Å². The van der Waals surface area contributed by atoms with Crippen LogP contribution in [-0.2, 0) is 4.74 Å². The molecule has 0 bridgehead atoms. The van der Waals surface area contributed by atoms with Crippen molar-refractivity contribution in [1.29, 1.82) is 0 Å². The van der Waals surface area contributed by atoms with E-state index in [1.807, 2.05) is 18.2 Å². The van der Waals surface area contributed by atoms with Crippen molar-refractivity contribution in [3.8, 4) is 11.3 Å². The highest BCUT2D eigenvalue weighted by molar-refractivity contribution is 7.09. The van der Waals surface area contributed by atoms with Crippen LogP contribution >= 0.6 is 22.9 Å². The van der Waals surface area contributed by atoms with E-state index in [9.17, 15) is 9.50 Å². The average Bonchev–Trinajstić information content (AvgIpc) is 3.33. The Morgan fingerprint density at radius 2 is 1.97 bits per heavy atom. The molecule has 31 heavy (non-hydrogen) atoms. The number of nitrogens with zero attached hydrogens (tertiary/aromatic N) is 4. The highest BCUT2D eigenvalue weighted by Gasteiger charge is 2.19. The maximum atomic E-state index is 14.9. The summed E-state index contributed by atoms with van der Waals surface area (Å²) in [5, 5.41) is 13.7. The van der Waals surface area contributed by atoms with E-state index in [4.69, 9.17) is 16.3 Å². The smallest absolute Gasteiger partial charge is 0.223 e. The van der Waals surface area contributed by atoms with Crippen LogP contribution in [0.2, 0.25) is 5.28 Å². The number of morpholine rings is 1. The number of thiazole rings is 1. The third-order valence-corrected chi connectivity index (χ3v) is 6.27. The fourth-order valence-corrected chi connectivity index (χ4v) is 4.54. The Morgan fingerprint density at radius 1 is 1.13 bits per heavy atom. The number of halogens is 2. The summed E-state index contributed by atoms with van der Waals surface area (Å²) >= 11 is 7.55. The summed E-state index contributed by atoms with van der Waals surface area (Å²) in [7, 11) is 0. The van der Waals surface area contributed by atoms with Gasteiger partial charge >= 0.3 is 0 Å². The lowest BCUT2D eigenvalue weighted by Crippen LogP contribution is -2.36. The molecule has 0 spiro atoms. The molecule has 1 N–H and O–H groups in total. The highest BCUT2D eigenvalue weighted by Crippen LogP contribution is 2.34. The van der Waals surface area contributed by atoms with Gasteiger partial charge in [-0.2, -0.15) is 0 Å². The van der Waals surface area contributed by atoms with E-state index in [0.717, 1.165) is 18.8 Å². The predicted molar refractivity (Wildman–Crippen MR) is 119 cm³/mol. The number of hydrogen-bond acceptors (Lipinski definition) is 7. The zero-order valence-corrected chi connectivity index (χ0v) is 17.9. The van der Waals surface area contributed by atoms with E-state index in [1.165, 1.54) is 17.4 Å². The molecular weight excluding hydrogens is 439 g/mol. The molecule has 2 aromatic carbocycles. The molecule has 1 aliphatic heterocycles. The van der Waals surface area contributed by atoms with Gasteiger partial charge < -0.3 is 14.7 Å². The molecule has 0 aliphatic carbocycles. The summed E-state index contributed by atoms with van der Waals surface area (Å²) < 4.78 is 20.3. The van der Waals surface area contributed by atoms with Gasteiger partial charge in [-0.15, -0.1) is 11.3 Å². The minimum atomic E-state index is -0.948. The van der Waals surface area contributed by atoms with E-state index < -0.39 is 11.9 Å². The third kappa shape index (κ3) is 3.99. The average molecular weight is 457 g/mol. The van der Waals surface area contributed by atoms with Crippen LogP contribution in [0.25, 0.3) is 22.2 Å². The second-order valence-corrected chi connectivity index (χ2v) is 8.42. The molecule has 1 fully saturated rings. The number of rotatable bonds is 4. The number of aromatic nitrogens is 3. The summed E-state index contributed by atoms with van der Waals surface area (Å²) in [6, 6.07) is 10.3. The van der Waals surface area contributed by atoms with Gasteiger partial charge in [0.15, 0.2) is 0 Å². The van der Waals surface area contributed by atoms with Gasteiger partial charge in [0.25, 0.3) is 0 Å². The van der Waals surface area contributed by atoms with Crippen LogP contribution in [0.15, 0.2) is 48.0 Å². The molecule has 0 saturated carbocycles. The summed E-state index contributed by atoms with van der Waals surface area (Å²) in [5.41, 5.74) is 2.80. The van der Waals surface area contributed by atoms with Gasteiger partial charge in [-0.25, -0.2) is 19.3 Å². The largest absolute Gasteiger partial charge is 0.381 e. The van der Waals surface area contributed by atoms with Gasteiger partial charge in [-0.05, 0) is 47.5 Å². The van der Waals surface area contributed by atoms with E-state index >= 15 is 0 Å². The van der Waals surface area contributed by atoms with E-state index in [1.54, 1.807) is 23.7 Å². The van der Waals surface area contributed by atoms with Crippen molar-refractivity contribution in [2.24, 2.45) is 0 Å². The summed E-state index contributed by atoms with van der Waals surface area (Å²) in [6.07, 6.45) is 0.674. The fourth-order valence-electron chi connectivity index (χ4n) is 3.72. The Balaban J connectivity index is 1.60. The molecule has 1 atom stereocenters. The zero-order chi connectivity index (χ0) is 21.4. The topological polar surface area (TPSA) is 71.4 Å². The van der Waals surface area contributed by atoms with Crippen molar-refractivity contribution in [3.63, 3.8) is 0 Å². The number of fused-ring (bicyclic) bond motifs is 1. The first-order valence-electron chi connectivity index (χ1n) is 9.77. The number of benzene rings is 2. The van der Waals surface area contributed by atoms with Crippen LogP contribution < -0.4 is 4.90 Å². The number of ether oxygens (including phenoxy) is 1. The minimum absolute atomic E-state index is 0.0342. The number of anilines is 1. The van der Waals surface area contributed by atoms with E-state index in [-0.39, 0.29) is 10.8 Å². The number of aliphatic hydroxyl groups is 1. The molecule has 9 heteroatoms. The van der Waals surface area contributed by atoms with Gasteiger partial charge in [0, 0.05) is 41.3 Å². The highest BCUT2D eigenvalue weighted by atomic mass is 35.5. The summed E-state index contributed by atoms with van der Waals surface area (Å²) in [5.74, 6) is -0.455. The van der Waals surface area contributed by atoms with Gasteiger partial charge in [0.2, 0.25) is 5.28 Å². The standard InChI is InChI=1S/C22H18ClFN4O2S/c23-22-26-18-12-14(28-6-8-30-9-7-28)2-3-15(18)19(27-22)16-11-13(1-4-17(16)24)20(29)21-25-5-10-31-21/h1-5,10-12,20,29H,6-9H2. The predicted octanol–water partition coefficient (Wildman–Crippen LogP) is 4.46. The van der Waals surface area contributed by atoms with Gasteiger partial charge in [0.1, 0.15) is 16.9 Å². The first-order chi connectivity index (χ1) is 15.1. The third-order valence-electron chi connectivity index (χ3n) is 5.28. The van der Waals surface area contributed by atoms with Crippen LogP contribution in [0.5, 0.6) is 0 Å². The maximum Gasteiger partial charge on any atom is 0.223 e. The molecule has 3 heterocycles. The Hall–Kier alpha value is -2.65. The van der Waals surface area contributed by atoms with Crippen molar-refractivity contribution in [2.75, 3.05) is 31.2 Å². The molecule has 2 aromatic heterocycles. The van der Waals surface area contributed by atoms with Crippen LogP contribution in [0.1, 0.15) is 16.7 Å². The first-order valence-corrected chi connectivity index (χ1v) is 11.0. The maximum absolute atomic E-state index is 14.9. The van der Waals surface area contributed by atoms with Crippen molar-refractivity contribution in [1.82, 2.24) is 15.0 Å². The Kier molecular flexibility index (Phi) is 5.54. The lowest BCUT2D eigenvalue weighted by atomic mass is 10.0. The van der Waals surface area contributed by atoms with Crippen LogP contribution in [0, 0.1) is 5.82 Å². The Bertz CT molecular complexity index is 1230. The quantitative estimate of drug-likeness (QED) is 0.457. The summed E-state index contributed by atoms with van der Waals surface area (Å²) in [4.78, 5) is 15.0. The molecule has 0 amide bonds. The Morgan fingerprint density at radius 3 is 2.74 bits per heavy atom. The van der Waals surface area contributed by atoms with Crippen LogP contribution in [0.4, 0.5) is 10.1 Å². The van der Waals surface area contributed by atoms with Crippen LogP contribution in [0.3, 0.4) is 0 Å². The minimum Gasteiger partial charge on any atom is -0.381 e. The van der Waals surface area contributed by atoms with Crippen molar-refractivity contribution in [3.05, 3.63) is 69.6 Å². The lowest BCUT2D eigenvalue weighted by Gasteiger charge is -2.29. The molecule has 1 aliphatic rings. The van der Waals surface area contributed by atoms with Crippen molar-refractivity contribution in [2.45, 2.75) is 6.10 Å². The van der Waals surface area contributed by atoms with Gasteiger partial charge in [-0.3, -0.25) is 0 Å². The number of aliphatic hydroxyl groups excluding tert-OH is 1. The normalized spacial score (nSPS) is 15.4. The SMILES string of the molecule is OC(c1ccc(F)c(-c2nc(Cl)nc3cc(N4CCOCC4)ccc23)c1)c1nccs1. The summed E-state index contributed by atoms with van der Waals surface area (Å²) in [6.45, 7) is 2.94. The molecule has 1 saturated heterocycles. The van der Waals surface area contributed by atoms with Crippen molar-refractivity contribution >= 4 is 39.5 Å². The monoisotopic (exact) mass is 456 g/mol. The molecule has 5 rings (SSSR count). The molecule has 6 nitrogen and oxygen atoms in total. The van der Waals surface area contributed by atoms with Gasteiger partial charge in [-0.1, -0.05) is 6.07 Å².